The van der Waals surface area contributed by atoms with Gasteiger partial charge in [-0.05, 0) is 12.1 Å². The molecule has 0 atom stereocenters. The van der Waals surface area contributed by atoms with Gasteiger partial charge in [0.25, 0.3) is 0 Å². The molecule has 0 unspecified atom stereocenters. The van der Waals surface area contributed by atoms with E-state index >= 15 is 0 Å². The Balaban J connectivity index is 2.41. The number of ether oxygens (including phenoxy) is 1. The van der Waals surface area contributed by atoms with Gasteiger partial charge in [0.05, 0.1) is 18.8 Å². The quantitative estimate of drug-likeness (QED) is 0.805. The van der Waals surface area contributed by atoms with E-state index in [1.807, 2.05) is 0 Å². The Labute approximate surface area is 108 Å². The molecular formula is C12H14F3NO3. The topological polar surface area (TPSA) is 52.9 Å². The average molecular weight is 277 g/mol. The van der Waals surface area contributed by atoms with E-state index in [4.69, 9.17) is 14.9 Å². The molecule has 0 radical (unpaired) electrons. The van der Waals surface area contributed by atoms with Crippen LogP contribution in [0.5, 0.6) is 0 Å². The summed E-state index contributed by atoms with van der Waals surface area (Å²) in [4.78, 5) is 1.58. The summed E-state index contributed by atoms with van der Waals surface area (Å²) in [5, 5.41) is 17.9. The molecule has 1 fully saturated rings. The Hall–Kier alpha value is -1.31. The number of hydrogen-bond donors (Lipinski definition) is 2. The second-order valence-electron chi connectivity index (χ2n) is 4.25. The zero-order chi connectivity index (χ0) is 14.0. The predicted molar refractivity (Wildman–Crippen MR) is 61.7 cm³/mol. The fraction of sp³-hybridized carbons (Fsp3) is 0.500. The number of alkyl halides is 3. The molecule has 106 valence electrons. The van der Waals surface area contributed by atoms with Crippen LogP contribution in [0.4, 0.5) is 18.9 Å². The van der Waals surface area contributed by atoms with Crippen molar-refractivity contribution in [2.75, 3.05) is 31.2 Å². The van der Waals surface area contributed by atoms with E-state index < -0.39 is 18.0 Å². The van der Waals surface area contributed by atoms with E-state index in [1.54, 1.807) is 4.90 Å². The smallest absolute Gasteiger partial charge is 0.378 e. The third-order valence-electron chi connectivity index (χ3n) is 2.98. The van der Waals surface area contributed by atoms with Crippen LogP contribution >= 0.6 is 0 Å². The summed E-state index contributed by atoms with van der Waals surface area (Å²) in [7, 11) is 0. The minimum atomic E-state index is -4.54. The molecule has 0 aromatic heterocycles. The van der Waals surface area contributed by atoms with Gasteiger partial charge >= 0.3 is 6.18 Å². The van der Waals surface area contributed by atoms with Gasteiger partial charge in [0.1, 0.15) is 0 Å². The summed E-state index contributed by atoms with van der Waals surface area (Å²) in [5.41, 5.74) is -0.996. The van der Waals surface area contributed by atoms with Crippen molar-refractivity contribution in [1.29, 1.82) is 0 Å². The molecule has 0 amide bonds. The lowest BCUT2D eigenvalue weighted by Gasteiger charge is -2.31. The van der Waals surface area contributed by atoms with Crippen LogP contribution < -0.4 is 4.90 Å². The first kappa shape index (κ1) is 14.1. The molecule has 0 spiro atoms. The maximum Gasteiger partial charge on any atom is 0.418 e. The number of benzene rings is 1. The van der Waals surface area contributed by atoms with Gasteiger partial charge in [-0.2, -0.15) is 13.2 Å². The molecule has 1 aromatic carbocycles. The molecule has 7 heteroatoms. The summed E-state index contributed by atoms with van der Waals surface area (Å²) in [6.45, 7) is 1.51. The number of aliphatic hydroxyl groups is 2. The monoisotopic (exact) mass is 277 g/mol. The number of morpholine rings is 1. The van der Waals surface area contributed by atoms with Gasteiger partial charge < -0.3 is 19.8 Å². The van der Waals surface area contributed by atoms with Gasteiger partial charge in [-0.3, -0.25) is 0 Å². The SMILES string of the molecule is OC(O)c1ccc(N2CCOCC2)c(C(F)(F)F)c1. The molecular weight excluding hydrogens is 263 g/mol. The van der Waals surface area contributed by atoms with Gasteiger partial charge in [-0.25, -0.2) is 0 Å². The maximum atomic E-state index is 13.0. The Kier molecular flexibility index (Phi) is 3.98. The molecule has 0 bridgehead atoms. The van der Waals surface area contributed by atoms with Crippen molar-refractivity contribution in [3.8, 4) is 0 Å². The molecule has 0 aliphatic carbocycles. The van der Waals surface area contributed by atoms with E-state index in [9.17, 15) is 13.2 Å². The molecule has 1 aromatic rings. The van der Waals surface area contributed by atoms with Crippen LogP contribution in [0.15, 0.2) is 18.2 Å². The summed E-state index contributed by atoms with van der Waals surface area (Å²) in [5.74, 6) is 0. The number of aliphatic hydroxyl groups excluding tert-OH is 1. The fourth-order valence-corrected chi connectivity index (χ4v) is 2.02. The third kappa shape index (κ3) is 3.17. The molecule has 1 aliphatic rings. The average Bonchev–Trinajstić information content (AvgIpc) is 2.38. The van der Waals surface area contributed by atoms with Crippen LogP contribution in [0, 0.1) is 0 Å². The third-order valence-corrected chi connectivity index (χ3v) is 2.98. The maximum absolute atomic E-state index is 13.0. The van der Waals surface area contributed by atoms with Crippen molar-refractivity contribution < 1.29 is 28.1 Å². The van der Waals surface area contributed by atoms with E-state index in [0.29, 0.717) is 26.3 Å². The predicted octanol–water partition coefficient (Wildman–Crippen LogP) is 1.53. The lowest BCUT2D eigenvalue weighted by Crippen LogP contribution is -2.37. The van der Waals surface area contributed by atoms with Crippen LogP contribution in [0.1, 0.15) is 17.4 Å². The lowest BCUT2D eigenvalue weighted by molar-refractivity contribution is -0.137. The summed E-state index contributed by atoms with van der Waals surface area (Å²) < 4.78 is 44.2. The van der Waals surface area contributed by atoms with Crippen molar-refractivity contribution in [1.82, 2.24) is 0 Å². The van der Waals surface area contributed by atoms with Gasteiger partial charge in [-0.1, -0.05) is 6.07 Å². The molecule has 1 heterocycles. The summed E-state index contributed by atoms with van der Waals surface area (Å²) in [6.07, 6.45) is -6.46. The summed E-state index contributed by atoms with van der Waals surface area (Å²) >= 11 is 0. The molecule has 4 nitrogen and oxygen atoms in total. The second-order valence-corrected chi connectivity index (χ2v) is 4.25. The number of rotatable bonds is 2. The van der Waals surface area contributed by atoms with Gasteiger partial charge in [0.2, 0.25) is 0 Å². The highest BCUT2D eigenvalue weighted by Crippen LogP contribution is 2.38. The van der Waals surface area contributed by atoms with E-state index in [1.165, 1.54) is 12.1 Å². The van der Waals surface area contributed by atoms with Crippen LogP contribution in [0.25, 0.3) is 0 Å². The fourth-order valence-electron chi connectivity index (χ4n) is 2.02. The number of halogens is 3. The zero-order valence-corrected chi connectivity index (χ0v) is 10.0. The number of hydrogen-bond acceptors (Lipinski definition) is 4. The normalized spacial score (nSPS) is 17.1. The first-order chi connectivity index (χ1) is 8.89. The van der Waals surface area contributed by atoms with Gasteiger partial charge in [-0.15, -0.1) is 0 Å². The van der Waals surface area contributed by atoms with Crippen LogP contribution in [-0.4, -0.2) is 36.5 Å². The van der Waals surface area contributed by atoms with E-state index in [2.05, 4.69) is 0 Å². The molecule has 2 N–H and O–H groups in total. The largest absolute Gasteiger partial charge is 0.418 e. The lowest BCUT2D eigenvalue weighted by atomic mass is 10.1. The molecule has 1 aliphatic heterocycles. The molecule has 0 saturated carbocycles. The minimum absolute atomic E-state index is 0.0419. The van der Waals surface area contributed by atoms with Crippen LogP contribution in [-0.2, 0) is 10.9 Å². The van der Waals surface area contributed by atoms with Crippen molar-refractivity contribution >= 4 is 5.69 Å². The standard InChI is InChI=1S/C12H14F3NO3/c13-12(14,15)9-7-8(11(17)18)1-2-10(9)16-3-5-19-6-4-16/h1-2,7,11,17-18H,3-6H2. The molecule has 2 rings (SSSR count). The highest BCUT2D eigenvalue weighted by molar-refractivity contribution is 5.56. The highest BCUT2D eigenvalue weighted by atomic mass is 19.4. The Morgan fingerprint density at radius 1 is 1.16 bits per heavy atom. The van der Waals surface area contributed by atoms with E-state index in [0.717, 1.165) is 6.07 Å². The molecule has 1 saturated heterocycles. The first-order valence-corrected chi connectivity index (χ1v) is 5.79. The van der Waals surface area contributed by atoms with Gasteiger partial charge in [0, 0.05) is 24.3 Å². The Morgan fingerprint density at radius 2 is 1.79 bits per heavy atom. The van der Waals surface area contributed by atoms with E-state index in [-0.39, 0.29) is 11.3 Å². The van der Waals surface area contributed by atoms with Crippen LogP contribution in [0.3, 0.4) is 0 Å². The van der Waals surface area contributed by atoms with Gasteiger partial charge in [0.15, 0.2) is 6.29 Å². The number of nitrogens with zero attached hydrogens (tertiary/aromatic N) is 1. The van der Waals surface area contributed by atoms with Crippen molar-refractivity contribution in [3.63, 3.8) is 0 Å². The first-order valence-electron chi connectivity index (χ1n) is 5.79. The van der Waals surface area contributed by atoms with Crippen molar-refractivity contribution in [3.05, 3.63) is 29.3 Å². The number of anilines is 1. The van der Waals surface area contributed by atoms with Crippen molar-refractivity contribution in [2.24, 2.45) is 0 Å². The van der Waals surface area contributed by atoms with Crippen LogP contribution in [0.2, 0.25) is 0 Å². The molecule has 19 heavy (non-hydrogen) atoms. The Bertz CT molecular complexity index is 442. The van der Waals surface area contributed by atoms with Crippen molar-refractivity contribution in [2.45, 2.75) is 12.5 Å². The zero-order valence-electron chi connectivity index (χ0n) is 10.0. The Morgan fingerprint density at radius 3 is 2.32 bits per heavy atom. The highest BCUT2D eigenvalue weighted by Gasteiger charge is 2.35. The second kappa shape index (κ2) is 5.36. The summed E-state index contributed by atoms with van der Waals surface area (Å²) in [6, 6.07) is 3.32. The minimum Gasteiger partial charge on any atom is -0.378 e.